The molecule has 1 aromatic rings. The van der Waals surface area contributed by atoms with E-state index in [1.807, 2.05) is 36.9 Å². The maximum absolute atomic E-state index is 12.3. The Morgan fingerprint density at radius 2 is 2.00 bits per heavy atom. The molecule has 0 N–H and O–H groups in total. The van der Waals surface area contributed by atoms with Gasteiger partial charge in [0.2, 0.25) is 0 Å². The van der Waals surface area contributed by atoms with Gasteiger partial charge in [-0.1, -0.05) is 19.9 Å². The molecule has 1 aliphatic heterocycles. The summed E-state index contributed by atoms with van der Waals surface area (Å²) in [6.07, 6.45) is -0.402. The predicted molar refractivity (Wildman–Crippen MR) is 81.4 cm³/mol. The summed E-state index contributed by atoms with van der Waals surface area (Å²) in [7, 11) is 0. The first kappa shape index (κ1) is 14.9. The Balaban J connectivity index is 2.21. The van der Waals surface area contributed by atoms with Crippen molar-refractivity contribution in [3.63, 3.8) is 0 Å². The van der Waals surface area contributed by atoms with Crippen molar-refractivity contribution < 1.29 is 9.53 Å². The van der Waals surface area contributed by atoms with Crippen LogP contribution in [0.15, 0.2) is 18.2 Å². The fourth-order valence-corrected chi connectivity index (χ4v) is 2.53. The first-order chi connectivity index (χ1) is 9.56. The molecule has 2 rings (SSSR count). The van der Waals surface area contributed by atoms with Crippen LogP contribution in [0.4, 0.5) is 5.69 Å². The maximum atomic E-state index is 12.3. The third-order valence-electron chi connectivity index (χ3n) is 3.86. The summed E-state index contributed by atoms with van der Waals surface area (Å²) in [6, 6.07) is 6.01. The highest BCUT2D eigenvalue weighted by molar-refractivity contribution is 5.99. The van der Waals surface area contributed by atoms with Gasteiger partial charge in [-0.2, -0.15) is 0 Å². The average Bonchev–Trinajstić information content (AvgIpc) is 2.43. The van der Waals surface area contributed by atoms with Crippen LogP contribution in [0.3, 0.4) is 0 Å². The molecule has 1 unspecified atom stereocenters. The van der Waals surface area contributed by atoms with Crippen molar-refractivity contribution in [1.82, 2.24) is 4.90 Å². The fourth-order valence-electron chi connectivity index (χ4n) is 2.53. The number of hydrogen-bond acceptors (Lipinski definition) is 3. The topological polar surface area (TPSA) is 32.8 Å². The monoisotopic (exact) mass is 276 g/mol. The van der Waals surface area contributed by atoms with Crippen LogP contribution >= 0.6 is 0 Å². The molecule has 0 bridgehead atoms. The molecule has 1 aliphatic rings. The van der Waals surface area contributed by atoms with Gasteiger partial charge < -0.3 is 14.5 Å². The molecule has 0 aliphatic carbocycles. The summed E-state index contributed by atoms with van der Waals surface area (Å²) < 4.78 is 5.71. The van der Waals surface area contributed by atoms with Crippen molar-refractivity contribution in [2.45, 2.75) is 33.8 Å². The van der Waals surface area contributed by atoms with E-state index in [0.717, 1.165) is 36.6 Å². The van der Waals surface area contributed by atoms with E-state index >= 15 is 0 Å². The average molecular weight is 276 g/mol. The minimum atomic E-state index is -0.402. The van der Waals surface area contributed by atoms with E-state index in [1.165, 1.54) is 0 Å². The van der Waals surface area contributed by atoms with Gasteiger partial charge in [0.15, 0.2) is 6.10 Å². The van der Waals surface area contributed by atoms with Crippen LogP contribution in [0.5, 0.6) is 5.75 Å². The van der Waals surface area contributed by atoms with E-state index in [1.54, 1.807) is 0 Å². The molecule has 0 fully saturated rings. The van der Waals surface area contributed by atoms with Gasteiger partial charge >= 0.3 is 0 Å². The van der Waals surface area contributed by atoms with Gasteiger partial charge in [0.1, 0.15) is 5.75 Å². The van der Waals surface area contributed by atoms with Crippen LogP contribution in [-0.4, -0.2) is 43.1 Å². The number of nitrogens with zero attached hydrogens (tertiary/aromatic N) is 2. The Hall–Kier alpha value is -1.55. The van der Waals surface area contributed by atoms with Gasteiger partial charge in [-0.25, -0.2) is 0 Å². The normalized spacial score (nSPS) is 18.1. The summed E-state index contributed by atoms with van der Waals surface area (Å²) in [5.74, 6) is 0.866. The van der Waals surface area contributed by atoms with Crippen LogP contribution in [0.2, 0.25) is 0 Å². The standard InChI is InChI=1S/C16H24N2O2/c1-5-17(6-2)9-10-18-14-8-7-12(3)11-15(14)20-13(4)16(18)19/h7-8,11,13H,5-6,9-10H2,1-4H3. The number of rotatable bonds is 5. The Kier molecular flexibility index (Phi) is 4.65. The van der Waals surface area contributed by atoms with Crippen molar-refractivity contribution >= 4 is 11.6 Å². The Morgan fingerprint density at radius 3 is 2.65 bits per heavy atom. The highest BCUT2D eigenvalue weighted by Gasteiger charge is 2.31. The predicted octanol–water partition coefficient (Wildman–Crippen LogP) is 2.45. The lowest BCUT2D eigenvalue weighted by atomic mass is 10.1. The van der Waals surface area contributed by atoms with Crippen LogP contribution in [-0.2, 0) is 4.79 Å². The minimum absolute atomic E-state index is 0.0495. The van der Waals surface area contributed by atoms with Gasteiger partial charge in [-0.15, -0.1) is 0 Å². The Morgan fingerprint density at radius 1 is 1.30 bits per heavy atom. The molecule has 0 spiro atoms. The number of fused-ring (bicyclic) bond motifs is 1. The number of ether oxygens (including phenoxy) is 1. The smallest absolute Gasteiger partial charge is 0.267 e. The second-order valence-corrected chi connectivity index (χ2v) is 5.25. The Labute approximate surface area is 121 Å². The molecule has 0 aromatic heterocycles. The highest BCUT2D eigenvalue weighted by atomic mass is 16.5. The van der Waals surface area contributed by atoms with Crippen molar-refractivity contribution in [3.05, 3.63) is 23.8 Å². The maximum Gasteiger partial charge on any atom is 0.267 e. The number of anilines is 1. The van der Waals surface area contributed by atoms with Gasteiger partial charge in [0.25, 0.3) is 5.91 Å². The van der Waals surface area contributed by atoms with E-state index in [9.17, 15) is 4.79 Å². The quantitative estimate of drug-likeness (QED) is 0.828. The molecule has 1 atom stereocenters. The lowest BCUT2D eigenvalue weighted by molar-refractivity contribution is -0.125. The zero-order valence-corrected chi connectivity index (χ0v) is 12.8. The molecule has 110 valence electrons. The van der Waals surface area contributed by atoms with Gasteiger partial charge in [-0.3, -0.25) is 4.79 Å². The summed E-state index contributed by atoms with van der Waals surface area (Å²) in [5, 5.41) is 0. The lowest BCUT2D eigenvalue weighted by Gasteiger charge is -2.34. The molecular formula is C16H24N2O2. The molecule has 0 radical (unpaired) electrons. The van der Waals surface area contributed by atoms with E-state index in [0.29, 0.717) is 6.54 Å². The number of carbonyl (C=O) groups excluding carboxylic acids is 1. The second-order valence-electron chi connectivity index (χ2n) is 5.25. The van der Waals surface area contributed by atoms with Crippen LogP contribution < -0.4 is 9.64 Å². The fraction of sp³-hybridized carbons (Fsp3) is 0.562. The summed E-state index contributed by atoms with van der Waals surface area (Å²) in [5.41, 5.74) is 2.04. The first-order valence-corrected chi connectivity index (χ1v) is 7.37. The SMILES string of the molecule is CCN(CC)CCN1C(=O)C(C)Oc2cc(C)ccc21. The third-order valence-corrected chi connectivity index (χ3v) is 3.86. The number of carbonyl (C=O) groups is 1. The largest absolute Gasteiger partial charge is 0.479 e. The first-order valence-electron chi connectivity index (χ1n) is 7.37. The number of likely N-dealkylation sites (N-methyl/N-ethyl adjacent to an activating group) is 1. The zero-order chi connectivity index (χ0) is 14.7. The molecule has 4 nitrogen and oxygen atoms in total. The molecule has 1 amide bonds. The lowest BCUT2D eigenvalue weighted by Crippen LogP contribution is -2.47. The summed E-state index contributed by atoms with van der Waals surface area (Å²) in [6.45, 7) is 11.7. The third kappa shape index (κ3) is 2.96. The van der Waals surface area contributed by atoms with Crippen molar-refractivity contribution in [1.29, 1.82) is 0 Å². The zero-order valence-electron chi connectivity index (χ0n) is 12.8. The highest BCUT2D eigenvalue weighted by Crippen LogP contribution is 2.34. The second kappa shape index (κ2) is 6.27. The molecule has 0 saturated carbocycles. The van der Waals surface area contributed by atoms with Gasteiger partial charge in [-0.05, 0) is 44.6 Å². The van der Waals surface area contributed by atoms with Crippen molar-refractivity contribution in [2.75, 3.05) is 31.1 Å². The number of aryl methyl sites for hydroxylation is 1. The Bertz CT molecular complexity index is 483. The van der Waals surface area contributed by atoms with Gasteiger partial charge in [0, 0.05) is 13.1 Å². The van der Waals surface area contributed by atoms with E-state index in [-0.39, 0.29) is 5.91 Å². The molecule has 1 heterocycles. The molecule has 4 heteroatoms. The summed E-state index contributed by atoms with van der Waals surface area (Å²) >= 11 is 0. The minimum Gasteiger partial charge on any atom is -0.479 e. The van der Waals surface area contributed by atoms with Crippen LogP contribution in [0.1, 0.15) is 26.3 Å². The van der Waals surface area contributed by atoms with E-state index in [2.05, 4.69) is 18.7 Å². The number of amides is 1. The van der Waals surface area contributed by atoms with Crippen LogP contribution in [0.25, 0.3) is 0 Å². The van der Waals surface area contributed by atoms with E-state index in [4.69, 9.17) is 4.74 Å². The van der Waals surface area contributed by atoms with Crippen molar-refractivity contribution in [3.8, 4) is 5.75 Å². The molecule has 20 heavy (non-hydrogen) atoms. The van der Waals surface area contributed by atoms with Gasteiger partial charge in [0.05, 0.1) is 5.69 Å². The molecular weight excluding hydrogens is 252 g/mol. The molecule has 1 aromatic carbocycles. The van der Waals surface area contributed by atoms with E-state index < -0.39 is 6.10 Å². The van der Waals surface area contributed by atoms with Crippen molar-refractivity contribution in [2.24, 2.45) is 0 Å². The summed E-state index contributed by atoms with van der Waals surface area (Å²) in [4.78, 5) is 16.5. The molecule has 0 saturated heterocycles. The number of benzene rings is 1. The van der Waals surface area contributed by atoms with Crippen LogP contribution in [0, 0.1) is 6.92 Å². The number of hydrogen-bond donors (Lipinski definition) is 0.